The Kier molecular flexibility index (Phi) is 1.49. The van der Waals surface area contributed by atoms with Crippen LogP contribution < -0.4 is 0 Å². The van der Waals surface area contributed by atoms with Gasteiger partial charge in [0.15, 0.2) is 0 Å². The van der Waals surface area contributed by atoms with E-state index in [1.165, 1.54) is 25.7 Å². The lowest BCUT2D eigenvalue weighted by Gasteiger charge is -2.36. The van der Waals surface area contributed by atoms with Crippen LogP contribution in [0.25, 0.3) is 0 Å². The van der Waals surface area contributed by atoms with Crippen LogP contribution in [0.1, 0.15) is 25.7 Å². The van der Waals surface area contributed by atoms with Crippen molar-refractivity contribution in [2.75, 3.05) is 0 Å². The average Bonchev–Trinajstić information content (AvgIpc) is 3.29. The van der Waals surface area contributed by atoms with Gasteiger partial charge in [-0.05, 0) is 84.2 Å². The highest BCUT2D eigenvalue weighted by Gasteiger charge is 2.77. The molecule has 2 heteroatoms. The molecule has 6 fully saturated rings. The standard InChI is InChI=1S/C20H22O2/c1-3-11-15-7(1)13-9-5-22-12-4-2-8-14-10(6-21-11)17(15)19(13)20(14)18(9)16(8)12/h5-8,11-20H,1-4H2/t7-,8+,11-,12-,13-,14+,15+,16-,17+,18+,19+,20+/m0/s1. The smallest absolute Gasteiger partial charge is 0.101 e. The van der Waals surface area contributed by atoms with Gasteiger partial charge in [0.2, 0.25) is 0 Å². The Morgan fingerprint density at radius 3 is 1.59 bits per heavy atom. The van der Waals surface area contributed by atoms with E-state index >= 15 is 0 Å². The predicted molar refractivity (Wildman–Crippen MR) is 79.3 cm³/mol. The Hall–Kier alpha value is -0.920. The number of ether oxygens (including phenoxy) is 2. The Morgan fingerprint density at radius 1 is 0.591 bits per heavy atom. The van der Waals surface area contributed by atoms with E-state index in [9.17, 15) is 0 Å². The Labute approximate surface area is 130 Å². The average molecular weight is 294 g/mol. The number of fused-ring (bicyclic) bond motifs is 4. The van der Waals surface area contributed by atoms with E-state index in [2.05, 4.69) is 12.5 Å². The quantitative estimate of drug-likeness (QED) is 0.682. The van der Waals surface area contributed by atoms with Crippen LogP contribution in [0, 0.1) is 59.2 Å². The molecule has 0 aromatic heterocycles. The maximum atomic E-state index is 6.30. The van der Waals surface area contributed by atoms with Gasteiger partial charge in [-0.2, -0.15) is 0 Å². The molecule has 2 heterocycles. The number of allylic oxidation sites excluding steroid dienone is 2. The van der Waals surface area contributed by atoms with Gasteiger partial charge in [-0.15, -0.1) is 0 Å². The lowest BCUT2D eigenvalue weighted by Crippen LogP contribution is -2.34. The fourth-order valence-electron chi connectivity index (χ4n) is 9.59. The fraction of sp³-hybridized carbons (Fsp3) is 0.800. The Balaban J connectivity index is 1.45. The zero-order chi connectivity index (χ0) is 13.7. The molecule has 2 aliphatic heterocycles. The summed E-state index contributed by atoms with van der Waals surface area (Å²) in [5, 5.41) is 0. The first-order valence-corrected chi connectivity index (χ1v) is 9.64. The summed E-state index contributed by atoms with van der Waals surface area (Å²) in [6.07, 6.45) is 11.1. The van der Waals surface area contributed by atoms with Crippen molar-refractivity contribution in [3.05, 3.63) is 23.7 Å². The zero-order valence-corrected chi connectivity index (χ0v) is 12.7. The molecule has 2 nitrogen and oxygen atoms in total. The van der Waals surface area contributed by atoms with E-state index in [-0.39, 0.29) is 0 Å². The lowest BCUT2D eigenvalue weighted by atomic mass is 9.75. The summed E-state index contributed by atoms with van der Waals surface area (Å²) >= 11 is 0. The minimum absolute atomic E-state index is 0.554. The van der Waals surface area contributed by atoms with Gasteiger partial charge in [0.25, 0.3) is 0 Å². The second kappa shape index (κ2) is 3.03. The largest absolute Gasteiger partial charge is 0.498 e. The molecule has 0 bridgehead atoms. The Bertz CT molecular complexity index is 619. The third-order valence-corrected chi connectivity index (χ3v) is 9.57. The van der Waals surface area contributed by atoms with Gasteiger partial charge in [0.1, 0.15) is 12.2 Å². The maximum absolute atomic E-state index is 6.30. The van der Waals surface area contributed by atoms with Crippen molar-refractivity contribution in [1.29, 1.82) is 0 Å². The second-order valence-electron chi connectivity index (χ2n) is 9.48. The van der Waals surface area contributed by atoms with Crippen LogP contribution in [-0.4, -0.2) is 12.2 Å². The normalized spacial score (nSPS) is 69.5. The first-order valence-electron chi connectivity index (χ1n) is 9.64. The van der Waals surface area contributed by atoms with E-state index in [4.69, 9.17) is 9.47 Å². The van der Waals surface area contributed by atoms with E-state index < -0.39 is 0 Å². The maximum Gasteiger partial charge on any atom is 0.101 e. The van der Waals surface area contributed by atoms with Gasteiger partial charge in [-0.3, -0.25) is 0 Å². The minimum atomic E-state index is 0.554. The third kappa shape index (κ3) is 0.823. The van der Waals surface area contributed by atoms with Crippen molar-refractivity contribution in [1.82, 2.24) is 0 Å². The van der Waals surface area contributed by atoms with E-state index in [0.29, 0.717) is 12.2 Å². The molecule has 0 saturated heterocycles. The lowest BCUT2D eigenvalue weighted by molar-refractivity contribution is 0.0417. The summed E-state index contributed by atoms with van der Waals surface area (Å²) in [6.45, 7) is 0. The molecule has 8 aliphatic rings. The molecule has 0 N–H and O–H groups in total. The van der Waals surface area contributed by atoms with Crippen molar-refractivity contribution in [2.24, 2.45) is 59.2 Å². The molecule has 0 spiro atoms. The molecule has 114 valence electrons. The molecule has 22 heavy (non-hydrogen) atoms. The number of rotatable bonds is 0. The summed E-state index contributed by atoms with van der Waals surface area (Å²) in [5.74, 6) is 9.04. The van der Waals surface area contributed by atoms with Crippen molar-refractivity contribution >= 4 is 0 Å². The molecule has 0 amide bonds. The topological polar surface area (TPSA) is 18.5 Å². The van der Waals surface area contributed by atoms with Gasteiger partial charge in [0, 0.05) is 11.8 Å². The summed E-state index contributed by atoms with van der Waals surface area (Å²) < 4.78 is 12.6. The van der Waals surface area contributed by atoms with Gasteiger partial charge >= 0.3 is 0 Å². The first kappa shape index (κ1) is 10.8. The van der Waals surface area contributed by atoms with E-state index in [1.807, 2.05) is 0 Å². The number of hydrogen-bond acceptors (Lipinski definition) is 2. The summed E-state index contributed by atoms with van der Waals surface area (Å²) in [4.78, 5) is 0. The highest BCUT2D eigenvalue weighted by atomic mass is 16.5. The van der Waals surface area contributed by atoms with Crippen LogP contribution in [0.4, 0.5) is 0 Å². The predicted octanol–water partition coefficient (Wildman–Crippen LogP) is 3.36. The van der Waals surface area contributed by atoms with Gasteiger partial charge in [-0.25, -0.2) is 0 Å². The molecule has 8 rings (SSSR count). The van der Waals surface area contributed by atoms with Crippen molar-refractivity contribution in [3.63, 3.8) is 0 Å². The monoisotopic (exact) mass is 294 g/mol. The summed E-state index contributed by atoms with van der Waals surface area (Å²) in [7, 11) is 0. The summed E-state index contributed by atoms with van der Waals surface area (Å²) in [5.41, 5.74) is 3.56. The van der Waals surface area contributed by atoms with Gasteiger partial charge in [-0.1, -0.05) is 0 Å². The highest BCUT2D eigenvalue weighted by Crippen LogP contribution is 2.80. The summed E-state index contributed by atoms with van der Waals surface area (Å²) in [6, 6.07) is 0. The second-order valence-corrected chi connectivity index (χ2v) is 9.48. The van der Waals surface area contributed by atoms with Crippen LogP contribution in [0.2, 0.25) is 0 Å². The minimum Gasteiger partial charge on any atom is -0.498 e. The van der Waals surface area contributed by atoms with E-state index in [0.717, 1.165) is 59.2 Å². The van der Waals surface area contributed by atoms with Crippen molar-refractivity contribution < 1.29 is 9.47 Å². The molecule has 6 aliphatic carbocycles. The molecule has 12 atom stereocenters. The molecular weight excluding hydrogens is 272 g/mol. The van der Waals surface area contributed by atoms with E-state index in [1.54, 1.807) is 11.1 Å². The molecule has 0 aromatic carbocycles. The van der Waals surface area contributed by atoms with Crippen LogP contribution in [-0.2, 0) is 9.47 Å². The van der Waals surface area contributed by atoms with Crippen molar-refractivity contribution in [2.45, 2.75) is 37.9 Å². The Morgan fingerprint density at radius 2 is 1.09 bits per heavy atom. The molecular formula is C20H22O2. The van der Waals surface area contributed by atoms with Gasteiger partial charge < -0.3 is 9.47 Å². The van der Waals surface area contributed by atoms with Crippen molar-refractivity contribution in [3.8, 4) is 0 Å². The zero-order valence-electron chi connectivity index (χ0n) is 12.7. The number of hydrogen-bond donors (Lipinski definition) is 0. The highest BCUT2D eigenvalue weighted by molar-refractivity contribution is 5.43. The first-order chi connectivity index (χ1) is 10.9. The molecule has 6 saturated carbocycles. The van der Waals surface area contributed by atoms with Crippen LogP contribution in [0.3, 0.4) is 0 Å². The molecule has 0 radical (unpaired) electrons. The van der Waals surface area contributed by atoms with Crippen LogP contribution in [0.15, 0.2) is 23.7 Å². The SMILES string of the molecule is C1=C2[C@@H]3[C@@H]4CC[C@@H]5OC=C6[C@H]7[C@H]8CC[C@H](O1)[C@H]8[C@@H]2[C@@H]7[C@H]3[C@H]6[C@H]45. The third-order valence-electron chi connectivity index (χ3n) is 9.57. The fourth-order valence-corrected chi connectivity index (χ4v) is 9.59. The van der Waals surface area contributed by atoms with Gasteiger partial charge in [0.05, 0.1) is 12.5 Å². The van der Waals surface area contributed by atoms with Crippen LogP contribution >= 0.6 is 0 Å². The van der Waals surface area contributed by atoms with Crippen LogP contribution in [0.5, 0.6) is 0 Å². The molecule has 0 unspecified atom stereocenters. The molecule has 0 aromatic rings.